The Labute approximate surface area is 170 Å². The number of hydrogen-bond acceptors (Lipinski definition) is 4. The minimum atomic E-state index is -0.353. The van der Waals surface area contributed by atoms with Crippen molar-refractivity contribution in [3.05, 3.63) is 41.4 Å². The van der Waals surface area contributed by atoms with Crippen LogP contribution in [0.1, 0.15) is 49.7 Å². The molecule has 0 radical (unpaired) electrons. The maximum Gasteiger partial charge on any atom is 0.259 e. The summed E-state index contributed by atoms with van der Waals surface area (Å²) in [5.41, 5.74) is 1.44. The molecule has 1 saturated heterocycles. The summed E-state index contributed by atoms with van der Waals surface area (Å²) in [7, 11) is 0. The first-order valence-electron chi connectivity index (χ1n) is 10.1. The zero-order chi connectivity index (χ0) is 21.1. The van der Waals surface area contributed by atoms with Crippen molar-refractivity contribution in [2.45, 2.75) is 46.6 Å². The van der Waals surface area contributed by atoms with Crippen LogP contribution in [0, 0.1) is 24.6 Å². The van der Waals surface area contributed by atoms with Crippen molar-refractivity contribution >= 4 is 11.8 Å². The molecule has 0 spiro atoms. The van der Waals surface area contributed by atoms with Crippen molar-refractivity contribution in [2.24, 2.45) is 11.8 Å². The molecule has 2 heterocycles. The van der Waals surface area contributed by atoms with E-state index in [-0.39, 0.29) is 29.6 Å². The van der Waals surface area contributed by atoms with Crippen molar-refractivity contribution in [2.75, 3.05) is 13.1 Å². The summed E-state index contributed by atoms with van der Waals surface area (Å²) >= 11 is 0. The van der Waals surface area contributed by atoms with Gasteiger partial charge in [-0.2, -0.15) is 0 Å². The lowest BCUT2D eigenvalue weighted by atomic mass is 9.94. The van der Waals surface area contributed by atoms with Crippen LogP contribution in [0.4, 0.5) is 4.39 Å². The van der Waals surface area contributed by atoms with Gasteiger partial charge in [0.1, 0.15) is 22.8 Å². The van der Waals surface area contributed by atoms with E-state index in [1.807, 2.05) is 6.92 Å². The molecular formula is C22H28FN3O3. The van der Waals surface area contributed by atoms with E-state index in [0.717, 1.165) is 0 Å². The quantitative estimate of drug-likeness (QED) is 0.827. The highest BCUT2D eigenvalue weighted by molar-refractivity contribution is 6.00. The number of amides is 2. The van der Waals surface area contributed by atoms with Crippen molar-refractivity contribution in [3.63, 3.8) is 0 Å². The van der Waals surface area contributed by atoms with Crippen LogP contribution in [0.3, 0.4) is 0 Å². The van der Waals surface area contributed by atoms with Gasteiger partial charge in [-0.05, 0) is 56.9 Å². The number of carbonyl (C=O) groups excluding carboxylic acids is 2. The lowest BCUT2D eigenvalue weighted by Gasteiger charge is -2.32. The molecule has 1 unspecified atom stereocenters. The van der Waals surface area contributed by atoms with E-state index in [4.69, 9.17) is 4.52 Å². The summed E-state index contributed by atoms with van der Waals surface area (Å²) < 4.78 is 18.5. The van der Waals surface area contributed by atoms with E-state index in [2.05, 4.69) is 24.3 Å². The molecule has 1 atom stereocenters. The molecular weight excluding hydrogens is 373 g/mol. The number of nitrogens with zero attached hydrogens (tertiary/aromatic N) is 2. The van der Waals surface area contributed by atoms with Crippen LogP contribution in [0.25, 0.3) is 11.3 Å². The van der Waals surface area contributed by atoms with Gasteiger partial charge < -0.3 is 14.7 Å². The second-order valence-corrected chi connectivity index (χ2v) is 8.08. The zero-order valence-electron chi connectivity index (χ0n) is 17.4. The van der Waals surface area contributed by atoms with Gasteiger partial charge in [0.25, 0.3) is 5.91 Å². The molecule has 3 rings (SSSR count). The molecule has 29 heavy (non-hydrogen) atoms. The summed E-state index contributed by atoms with van der Waals surface area (Å²) in [5, 5.41) is 7.08. The van der Waals surface area contributed by atoms with Crippen LogP contribution >= 0.6 is 0 Å². The maximum absolute atomic E-state index is 13.2. The maximum atomic E-state index is 13.2. The molecule has 0 saturated carbocycles. The third-order valence-electron chi connectivity index (χ3n) is 5.72. The Bertz CT molecular complexity index is 868. The highest BCUT2D eigenvalue weighted by atomic mass is 19.1. The fourth-order valence-corrected chi connectivity index (χ4v) is 3.44. The van der Waals surface area contributed by atoms with Crippen molar-refractivity contribution < 1.29 is 18.5 Å². The number of aromatic nitrogens is 1. The summed E-state index contributed by atoms with van der Waals surface area (Å²) in [6.45, 7) is 8.85. The summed E-state index contributed by atoms with van der Waals surface area (Å²) in [6, 6.07) is 5.94. The average molecular weight is 401 g/mol. The normalized spacial score (nSPS) is 16.1. The predicted molar refractivity (Wildman–Crippen MR) is 108 cm³/mol. The topological polar surface area (TPSA) is 75.4 Å². The molecule has 0 bridgehead atoms. The number of benzene rings is 1. The van der Waals surface area contributed by atoms with Crippen LogP contribution in [0.15, 0.2) is 28.8 Å². The van der Waals surface area contributed by atoms with Crippen LogP contribution in [-0.2, 0) is 4.79 Å². The van der Waals surface area contributed by atoms with Gasteiger partial charge >= 0.3 is 0 Å². The Hall–Kier alpha value is -2.70. The Morgan fingerprint density at radius 3 is 2.38 bits per heavy atom. The third kappa shape index (κ3) is 4.66. The first-order chi connectivity index (χ1) is 13.8. The van der Waals surface area contributed by atoms with Gasteiger partial charge in [0.2, 0.25) is 5.91 Å². The van der Waals surface area contributed by atoms with Gasteiger partial charge in [0.05, 0.1) is 0 Å². The van der Waals surface area contributed by atoms with Crippen LogP contribution in [-0.4, -0.2) is 41.0 Å². The Morgan fingerprint density at radius 1 is 1.17 bits per heavy atom. The van der Waals surface area contributed by atoms with Gasteiger partial charge in [-0.1, -0.05) is 19.0 Å². The smallest absolute Gasteiger partial charge is 0.259 e. The van der Waals surface area contributed by atoms with Gasteiger partial charge in [-0.25, -0.2) is 4.39 Å². The Balaban J connectivity index is 1.68. The van der Waals surface area contributed by atoms with Gasteiger partial charge in [0, 0.05) is 30.6 Å². The molecule has 156 valence electrons. The second-order valence-electron chi connectivity index (χ2n) is 8.08. The molecule has 1 aliphatic rings. The first-order valence-corrected chi connectivity index (χ1v) is 10.1. The Kier molecular flexibility index (Phi) is 6.35. The number of likely N-dealkylation sites (tertiary alicyclic amines) is 1. The van der Waals surface area contributed by atoms with Gasteiger partial charge in [-0.15, -0.1) is 0 Å². The van der Waals surface area contributed by atoms with E-state index in [9.17, 15) is 14.0 Å². The minimum absolute atomic E-state index is 0.0615. The van der Waals surface area contributed by atoms with Crippen LogP contribution < -0.4 is 5.32 Å². The summed E-state index contributed by atoms with van der Waals surface area (Å²) in [5.74, 6) is 0.264. The highest BCUT2D eigenvalue weighted by Gasteiger charge is 2.31. The van der Waals surface area contributed by atoms with E-state index in [1.54, 1.807) is 24.0 Å². The van der Waals surface area contributed by atoms with Crippen molar-refractivity contribution in [3.8, 4) is 11.3 Å². The van der Waals surface area contributed by atoms with E-state index in [0.29, 0.717) is 54.4 Å². The summed E-state index contributed by atoms with van der Waals surface area (Å²) in [4.78, 5) is 27.3. The molecule has 7 heteroatoms. The van der Waals surface area contributed by atoms with Crippen LogP contribution in [0.2, 0.25) is 0 Å². The lowest BCUT2D eigenvalue weighted by molar-refractivity contribution is -0.127. The second kappa shape index (κ2) is 8.76. The molecule has 0 aliphatic carbocycles. The number of halogens is 1. The van der Waals surface area contributed by atoms with Crippen LogP contribution in [0.5, 0.6) is 0 Å². The number of nitrogens with one attached hydrogen (secondary N) is 1. The number of hydrogen-bond donors (Lipinski definition) is 1. The Morgan fingerprint density at radius 2 is 1.79 bits per heavy atom. The number of rotatable bonds is 5. The van der Waals surface area contributed by atoms with E-state index in [1.165, 1.54) is 12.1 Å². The fourth-order valence-electron chi connectivity index (χ4n) is 3.44. The van der Waals surface area contributed by atoms with Crippen molar-refractivity contribution in [1.29, 1.82) is 0 Å². The molecule has 2 aromatic rings. The first kappa shape index (κ1) is 21.0. The summed E-state index contributed by atoms with van der Waals surface area (Å²) in [6.07, 6.45) is 1.25. The van der Waals surface area contributed by atoms with Crippen molar-refractivity contribution in [1.82, 2.24) is 15.4 Å². The van der Waals surface area contributed by atoms with Gasteiger partial charge in [0.15, 0.2) is 0 Å². The minimum Gasteiger partial charge on any atom is -0.360 e. The number of piperidine rings is 1. The monoisotopic (exact) mass is 401 g/mol. The molecule has 6 nitrogen and oxygen atoms in total. The fraction of sp³-hybridized carbons (Fsp3) is 0.500. The molecule has 2 amide bonds. The lowest BCUT2D eigenvalue weighted by Crippen LogP contribution is -2.45. The highest BCUT2D eigenvalue weighted by Crippen LogP contribution is 2.28. The number of carbonyl (C=O) groups is 2. The molecule has 1 aliphatic heterocycles. The van der Waals surface area contributed by atoms with Gasteiger partial charge in [-0.3, -0.25) is 9.59 Å². The molecule has 1 fully saturated rings. The molecule has 1 aromatic heterocycles. The SMILES string of the molecule is Cc1onc(-c2ccc(F)cc2)c1C(=O)N1CCC(C(=O)NC(C)C(C)C)CC1. The molecule has 1 N–H and O–H groups in total. The average Bonchev–Trinajstić information content (AvgIpc) is 3.09. The number of aryl methyl sites for hydroxylation is 1. The molecule has 1 aromatic carbocycles. The predicted octanol–water partition coefficient (Wildman–Crippen LogP) is 3.80. The largest absolute Gasteiger partial charge is 0.360 e. The third-order valence-corrected chi connectivity index (χ3v) is 5.72. The standard InChI is InChI=1S/C22H28FN3O3/c1-13(2)14(3)24-21(27)17-9-11-26(12-10-17)22(28)19-15(4)29-25-20(19)16-5-7-18(23)8-6-16/h5-8,13-14,17H,9-12H2,1-4H3,(H,24,27). The van der Waals surface area contributed by atoms with E-state index >= 15 is 0 Å². The zero-order valence-corrected chi connectivity index (χ0v) is 17.4. The van der Waals surface area contributed by atoms with E-state index < -0.39 is 0 Å².